The van der Waals surface area contributed by atoms with E-state index >= 15 is 0 Å². The highest BCUT2D eigenvalue weighted by atomic mass is 31.2. The van der Waals surface area contributed by atoms with Crippen molar-refractivity contribution < 1.29 is 32.9 Å². The van der Waals surface area contributed by atoms with Crippen molar-refractivity contribution in [2.45, 2.75) is 341 Å². The molecule has 3 unspecified atom stereocenters. The molecular weight excluding hydrogens is 1020 g/mol. The average molecular weight is 1160 g/mol. The minimum atomic E-state index is -4.60. The van der Waals surface area contributed by atoms with Crippen molar-refractivity contribution in [3.05, 3.63) is 72.9 Å². The van der Waals surface area contributed by atoms with Crippen LogP contribution in [0.2, 0.25) is 0 Å². The molecule has 0 aromatic heterocycles. The van der Waals surface area contributed by atoms with Crippen LogP contribution < -0.4 is 10.2 Å². The molecule has 0 saturated carbocycles. The largest absolute Gasteiger partial charge is 0.756 e. The third kappa shape index (κ3) is 65.3. The number of likely N-dealkylation sites (N-methyl/N-ethyl adjacent to an activating group) is 1. The quantitative estimate of drug-likeness (QED) is 0.0272. The summed E-state index contributed by atoms with van der Waals surface area (Å²) in [4.78, 5) is 25.6. The monoisotopic (exact) mass is 1160 g/mol. The lowest BCUT2D eigenvalue weighted by Gasteiger charge is -2.29. The molecule has 3 atom stereocenters. The number of quaternary nitrogens is 1. The van der Waals surface area contributed by atoms with E-state index in [1.807, 2.05) is 27.2 Å². The van der Waals surface area contributed by atoms with Gasteiger partial charge in [-0.15, -0.1) is 0 Å². The Morgan fingerprint density at radius 1 is 0.444 bits per heavy atom. The first-order valence-corrected chi connectivity index (χ1v) is 36.3. The first-order valence-electron chi connectivity index (χ1n) is 34.8. The van der Waals surface area contributed by atoms with E-state index in [0.717, 1.165) is 70.6 Å². The van der Waals surface area contributed by atoms with E-state index < -0.39 is 20.0 Å². The Balaban J connectivity index is 4.04. The minimum Gasteiger partial charge on any atom is -0.756 e. The third-order valence-corrected chi connectivity index (χ3v) is 16.6. The number of phosphoric acid groups is 1. The molecule has 0 aromatic carbocycles. The number of nitrogens with one attached hydrogen (secondary N) is 1. The van der Waals surface area contributed by atoms with Gasteiger partial charge >= 0.3 is 0 Å². The summed E-state index contributed by atoms with van der Waals surface area (Å²) in [5.41, 5.74) is 0. The van der Waals surface area contributed by atoms with Crippen LogP contribution >= 0.6 is 7.82 Å². The molecule has 0 rings (SSSR count). The van der Waals surface area contributed by atoms with Crippen molar-refractivity contribution in [3.63, 3.8) is 0 Å². The molecule has 0 aliphatic carbocycles. The fourth-order valence-electron chi connectivity index (χ4n) is 10.3. The van der Waals surface area contributed by atoms with Crippen LogP contribution in [-0.2, 0) is 18.4 Å². The van der Waals surface area contributed by atoms with Crippen molar-refractivity contribution in [2.24, 2.45) is 0 Å². The molecule has 0 bridgehead atoms. The number of hydrogen-bond donors (Lipinski definition) is 2. The Bertz CT molecular complexity index is 1550. The molecule has 8 nitrogen and oxygen atoms in total. The maximum Gasteiger partial charge on any atom is 0.268 e. The van der Waals surface area contributed by atoms with Crippen LogP contribution in [-0.4, -0.2) is 68.5 Å². The number of hydrogen-bond acceptors (Lipinski definition) is 6. The number of aliphatic hydroxyl groups is 1. The van der Waals surface area contributed by atoms with Crippen molar-refractivity contribution in [3.8, 4) is 0 Å². The number of rotatable bonds is 64. The van der Waals surface area contributed by atoms with Crippen LogP contribution in [0.1, 0.15) is 328 Å². The Labute approximate surface area is 504 Å². The van der Waals surface area contributed by atoms with Crippen molar-refractivity contribution in [1.29, 1.82) is 0 Å². The molecule has 81 heavy (non-hydrogen) atoms. The fraction of sp³-hybridized carbons (Fsp3) is 0.819. The summed E-state index contributed by atoms with van der Waals surface area (Å²) in [7, 11) is 1.27. The maximum absolute atomic E-state index is 13.0. The minimum absolute atomic E-state index is 0.000890. The van der Waals surface area contributed by atoms with Crippen molar-refractivity contribution in [2.75, 3.05) is 40.9 Å². The lowest BCUT2D eigenvalue weighted by atomic mass is 10.0. The summed E-state index contributed by atoms with van der Waals surface area (Å²) in [6.45, 7) is 4.58. The number of allylic oxidation sites excluding steroid dienone is 11. The molecule has 2 N–H and O–H groups in total. The summed E-state index contributed by atoms with van der Waals surface area (Å²) in [6.07, 6.45) is 87.3. The smallest absolute Gasteiger partial charge is 0.268 e. The van der Waals surface area contributed by atoms with Gasteiger partial charge in [0.05, 0.1) is 39.9 Å². The Morgan fingerprint density at radius 2 is 0.753 bits per heavy atom. The van der Waals surface area contributed by atoms with Crippen LogP contribution in [0.4, 0.5) is 0 Å². The second kappa shape index (κ2) is 62.5. The Kier molecular flexibility index (Phi) is 60.9. The molecule has 0 aliphatic rings. The standard InChI is InChI=1S/C72H135N2O6P/c1-6-8-10-12-14-16-18-20-22-24-26-28-30-32-33-34-35-36-37-38-39-40-41-42-44-46-48-50-52-54-56-58-60-62-64-66-72(76)73-70(69-80-81(77,78)79-68-67-74(3,4)5)71(75)65-63-61-59-57-55-53-51-49-47-45-43-31-29-27-25-23-21-19-17-15-13-11-9-7-2/h8,10,14,16,20,22,26,28,32-33,63,65,70-71,75H,6-7,9,11-13,15,17-19,21,23-25,27,29-31,34-62,64,66-69H2,1-5H3,(H-,73,76,77,78)/b10-8-,16-14-,22-20-,28-26-,33-32-,65-63+. The summed E-state index contributed by atoms with van der Waals surface area (Å²) in [5.74, 6) is -0.193. The molecule has 1 amide bonds. The van der Waals surface area contributed by atoms with Crippen LogP contribution in [0.3, 0.4) is 0 Å². The van der Waals surface area contributed by atoms with Gasteiger partial charge in [0.2, 0.25) is 5.91 Å². The zero-order valence-electron chi connectivity index (χ0n) is 54.2. The number of unbranched alkanes of at least 4 members (excludes halogenated alkanes) is 41. The second-order valence-corrected chi connectivity index (χ2v) is 26.3. The fourth-order valence-corrected chi connectivity index (χ4v) is 11.0. The van der Waals surface area contributed by atoms with E-state index in [1.165, 1.54) is 238 Å². The highest BCUT2D eigenvalue weighted by molar-refractivity contribution is 7.45. The Morgan fingerprint density at radius 3 is 1.10 bits per heavy atom. The van der Waals surface area contributed by atoms with Crippen molar-refractivity contribution >= 4 is 13.7 Å². The molecule has 0 saturated heterocycles. The molecular formula is C72H135N2O6P. The van der Waals surface area contributed by atoms with E-state index in [1.54, 1.807) is 6.08 Å². The number of carbonyl (C=O) groups is 1. The molecule has 0 spiro atoms. The third-order valence-electron chi connectivity index (χ3n) is 15.7. The second-order valence-electron chi connectivity index (χ2n) is 24.9. The van der Waals surface area contributed by atoms with Gasteiger partial charge in [-0.2, -0.15) is 0 Å². The molecule has 0 aromatic rings. The van der Waals surface area contributed by atoms with Gasteiger partial charge in [-0.05, 0) is 64.2 Å². The molecule has 9 heteroatoms. The van der Waals surface area contributed by atoms with Crippen LogP contribution in [0, 0.1) is 0 Å². The van der Waals surface area contributed by atoms with Gasteiger partial charge in [-0.1, -0.05) is 331 Å². The maximum atomic E-state index is 13.0. The van der Waals surface area contributed by atoms with Crippen LogP contribution in [0.25, 0.3) is 0 Å². The zero-order chi connectivity index (χ0) is 59.1. The first-order chi connectivity index (χ1) is 39.5. The van der Waals surface area contributed by atoms with Gasteiger partial charge in [0.1, 0.15) is 13.2 Å². The zero-order valence-corrected chi connectivity index (χ0v) is 55.1. The number of aliphatic hydroxyl groups excluding tert-OH is 1. The number of phosphoric ester groups is 1. The highest BCUT2D eigenvalue weighted by Gasteiger charge is 2.23. The van der Waals surface area contributed by atoms with Gasteiger partial charge in [0.15, 0.2) is 0 Å². The normalized spacial score (nSPS) is 14.1. The summed E-state index contributed by atoms with van der Waals surface area (Å²) in [6, 6.07) is -0.889. The lowest BCUT2D eigenvalue weighted by Crippen LogP contribution is -2.45. The summed E-state index contributed by atoms with van der Waals surface area (Å²) in [5, 5.41) is 14.0. The molecule has 0 aliphatic heterocycles. The topological polar surface area (TPSA) is 108 Å². The van der Waals surface area contributed by atoms with Gasteiger partial charge < -0.3 is 28.8 Å². The molecule has 474 valence electrons. The van der Waals surface area contributed by atoms with Gasteiger partial charge in [0, 0.05) is 6.42 Å². The predicted molar refractivity (Wildman–Crippen MR) is 353 cm³/mol. The molecule has 0 radical (unpaired) electrons. The van der Waals surface area contributed by atoms with Crippen LogP contribution in [0.15, 0.2) is 72.9 Å². The van der Waals surface area contributed by atoms with Crippen molar-refractivity contribution in [1.82, 2.24) is 5.32 Å². The van der Waals surface area contributed by atoms with E-state index in [4.69, 9.17) is 9.05 Å². The lowest BCUT2D eigenvalue weighted by molar-refractivity contribution is -0.870. The van der Waals surface area contributed by atoms with Crippen LogP contribution in [0.5, 0.6) is 0 Å². The number of nitrogens with zero attached hydrogens (tertiary/aromatic N) is 1. The van der Waals surface area contributed by atoms with Gasteiger partial charge in [0.25, 0.3) is 7.82 Å². The highest BCUT2D eigenvalue weighted by Crippen LogP contribution is 2.38. The summed E-state index contributed by atoms with van der Waals surface area (Å²) >= 11 is 0. The molecule has 0 fully saturated rings. The summed E-state index contributed by atoms with van der Waals surface area (Å²) < 4.78 is 23.5. The number of carbonyl (C=O) groups excluding carboxylic acids is 1. The Hall–Kier alpha value is -2.06. The van der Waals surface area contributed by atoms with Gasteiger partial charge in [-0.3, -0.25) is 9.36 Å². The predicted octanol–water partition coefficient (Wildman–Crippen LogP) is 21.5. The van der Waals surface area contributed by atoms with E-state index in [-0.39, 0.29) is 19.1 Å². The SMILES string of the molecule is CC/C=C\C/C=C\C/C=C\C/C=C\C/C=C\CCCCCCCCCCCCCCCCCCCCCC(=O)NC(COP(=O)([O-])OCC[N+](C)(C)C)C(O)/C=C/CCCCCCCCCCCCCCCCCCCCCCCC. The first kappa shape index (κ1) is 78.9. The van der Waals surface area contributed by atoms with Gasteiger partial charge in [-0.25, -0.2) is 0 Å². The average Bonchev–Trinajstić information content (AvgIpc) is 3.43. The number of amides is 1. The molecule has 0 heterocycles. The van der Waals surface area contributed by atoms with E-state index in [0.29, 0.717) is 17.4 Å². The van der Waals surface area contributed by atoms with E-state index in [9.17, 15) is 19.4 Å². The van der Waals surface area contributed by atoms with E-state index in [2.05, 4.69) is 79.9 Å².